The Bertz CT molecular complexity index is 1400. The first-order chi connectivity index (χ1) is 17.9. The summed E-state index contributed by atoms with van der Waals surface area (Å²) in [7, 11) is -3.52. The molecule has 38 heavy (non-hydrogen) atoms. The van der Waals surface area contributed by atoms with Gasteiger partial charge in [-0.05, 0) is 37.3 Å². The van der Waals surface area contributed by atoms with Gasteiger partial charge in [-0.1, -0.05) is 24.8 Å². The summed E-state index contributed by atoms with van der Waals surface area (Å²) in [6.07, 6.45) is -0.717. The summed E-state index contributed by atoms with van der Waals surface area (Å²) in [6, 6.07) is 9.98. The van der Waals surface area contributed by atoms with Gasteiger partial charge >= 0.3 is 0 Å². The van der Waals surface area contributed by atoms with Crippen LogP contribution in [0, 0.1) is 17.8 Å². The average molecular weight is 567 g/mol. The second kappa shape index (κ2) is 12.5. The van der Waals surface area contributed by atoms with E-state index in [0.717, 1.165) is 0 Å². The Hall–Kier alpha value is -2.66. The fourth-order valence-corrected chi connectivity index (χ4v) is 7.07. The molecule has 0 aromatic heterocycles. The van der Waals surface area contributed by atoms with Crippen molar-refractivity contribution < 1.29 is 36.2 Å². The molecule has 1 aliphatic rings. The maximum atomic E-state index is 13.6. The highest BCUT2D eigenvalue weighted by molar-refractivity contribution is 7.89. The van der Waals surface area contributed by atoms with Gasteiger partial charge in [-0.15, -0.1) is 0 Å². The third kappa shape index (κ3) is 6.48. The number of nitrogens with zero attached hydrogens (tertiary/aromatic N) is 2. The maximum Gasteiger partial charge on any atom is 0.247 e. The lowest BCUT2D eigenvalue weighted by Gasteiger charge is -2.37. The van der Waals surface area contributed by atoms with Crippen LogP contribution in [0.5, 0.6) is 11.5 Å². The van der Waals surface area contributed by atoms with Crippen LogP contribution in [-0.4, -0.2) is 90.3 Å². The van der Waals surface area contributed by atoms with Crippen LogP contribution in [0.2, 0.25) is 0 Å². The predicted molar refractivity (Wildman–Crippen MR) is 142 cm³/mol. The highest BCUT2D eigenvalue weighted by Crippen LogP contribution is 2.34. The zero-order chi connectivity index (χ0) is 28.1. The molecule has 0 fully saturated rings. The van der Waals surface area contributed by atoms with Gasteiger partial charge in [-0.2, -0.15) is 8.61 Å². The Balaban J connectivity index is 2.04. The van der Waals surface area contributed by atoms with Crippen molar-refractivity contribution in [2.75, 3.05) is 47.6 Å². The largest absolute Gasteiger partial charge is 0.497 e. The van der Waals surface area contributed by atoms with Crippen LogP contribution in [0.4, 0.5) is 0 Å². The number of sulfonamides is 2. The number of rotatable bonds is 8. The molecule has 0 saturated carbocycles. The van der Waals surface area contributed by atoms with E-state index in [0.29, 0.717) is 11.3 Å². The van der Waals surface area contributed by atoms with Gasteiger partial charge < -0.3 is 19.3 Å². The van der Waals surface area contributed by atoms with Crippen molar-refractivity contribution in [3.8, 4) is 23.3 Å². The van der Waals surface area contributed by atoms with Crippen LogP contribution in [-0.2, 0) is 24.8 Å². The molecule has 0 spiro atoms. The van der Waals surface area contributed by atoms with Gasteiger partial charge in [-0.3, -0.25) is 0 Å². The standard InChI is InChI=1S/C26H34N2O8S2/c1-19-16-28(20(2)18-29)38(32,33)26-12-11-21(8-7-13-34-4)14-24(26)36-25(19)17-27(3)37(30,31)23-10-6-9-22(15-23)35-5/h6,9-12,14-15,19-20,25,29H,13,16-18H2,1-5H3/t19-,20-,25-/m0/s1. The molecule has 1 aliphatic heterocycles. The van der Waals surface area contributed by atoms with Crippen LogP contribution >= 0.6 is 0 Å². The highest BCUT2D eigenvalue weighted by atomic mass is 32.2. The lowest BCUT2D eigenvalue weighted by atomic mass is 10.0. The molecule has 3 atom stereocenters. The molecule has 1 N–H and O–H groups in total. The van der Waals surface area contributed by atoms with Gasteiger partial charge in [0.05, 0.1) is 25.2 Å². The summed E-state index contributed by atoms with van der Waals surface area (Å²) in [5.41, 5.74) is 0.516. The number of methoxy groups -OCH3 is 2. The van der Waals surface area contributed by atoms with Gasteiger partial charge in [0.1, 0.15) is 29.1 Å². The third-order valence-corrected chi connectivity index (χ3v) is 10.1. The number of aliphatic hydroxyl groups is 1. The molecule has 0 aliphatic carbocycles. The number of aliphatic hydroxyl groups excluding tert-OH is 1. The first kappa shape index (κ1) is 29.9. The fourth-order valence-electron chi connectivity index (χ4n) is 4.02. The second-order valence-corrected chi connectivity index (χ2v) is 13.0. The molecule has 0 bridgehead atoms. The maximum absolute atomic E-state index is 13.6. The van der Waals surface area contributed by atoms with Crippen LogP contribution in [0.1, 0.15) is 19.4 Å². The topological polar surface area (TPSA) is 123 Å². The summed E-state index contributed by atoms with van der Waals surface area (Å²) >= 11 is 0. The fraction of sp³-hybridized carbons (Fsp3) is 0.462. The number of hydrogen-bond acceptors (Lipinski definition) is 8. The first-order valence-corrected chi connectivity index (χ1v) is 14.8. The summed E-state index contributed by atoms with van der Waals surface area (Å²) in [5, 5.41) is 9.80. The minimum Gasteiger partial charge on any atom is -0.497 e. The number of fused-ring (bicyclic) bond motifs is 1. The smallest absolute Gasteiger partial charge is 0.247 e. The first-order valence-electron chi connectivity index (χ1n) is 12.0. The lowest BCUT2D eigenvalue weighted by molar-refractivity contribution is 0.0904. The summed E-state index contributed by atoms with van der Waals surface area (Å²) in [6.45, 7) is 3.20. The molecule has 0 amide bonds. The molecule has 0 radical (unpaired) electrons. The number of hydrogen-bond donors (Lipinski definition) is 1. The van der Waals surface area contributed by atoms with Gasteiger partial charge in [0.25, 0.3) is 0 Å². The highest BCUT2D eigenvalue weighted by Gasteiger charge is 2.39. The molecule has 1 heterocycles. The Morgan fingerprint density at radius 3 is 2.63 bits per heavy atom. The van der Waals surface area contributed by atoms with E-state index in [-0.39, 0.29) is 41.8 Å². The van der Waals surface area contributed by atoms with Crippen molar-refractivity contribution in [1.82, 2.24) is 8.61 Å². The lowest BCUT2D eigenvalue weighted by Crippen LogP contribution is -2.50. The van der Waals surface area contributed by atoms with Gasteiger partial charge in [0, 0.05) is 44.3 Å². The molecule has 208 valence electrons. The SMILES string of the molecule is COCC#Cc1ccc2c(c1)O[C@@H](CN(C)S(=O)(=O)c1cccc(OC)c1)[C@@H](C)CN([C@@H](C)CO)S2(=O)=O. The molecule has 2 aromatic rings. The predicted octanol–water partition coefficient (Wildman–Crippen LogP) is 1.78. The minimum absolute atomic E-state index is 0.0244. The van der Waals surface area contributed by atoms with Crippen molar-refractivity contribution in [3.63, 3.8) is 0 Å². The van der Waals surface area contributed by atoms with Gasteiger partial charge in [-0.25, -0.2) is 16.8 Å². The summed E-state index contributed by atoms with van der Waals surface area (Å²) in [5.74, 6) is 5.77. The van der Waals surface area contributed by atoms with Crippen molar-refractivity contribution in [2.24, 2.45) is 5.92 Å². The van der Waals surface area contributed by atoms with Crippen LogP contribution in [0.15, 0.2) is 52.3 Å². The van der Waals surface area contributed by atoms with Crippen molar-refractivity contribution in [3.05, 3.63) is 48.0 Å². The average Bonchev–Trinajstić information content (AvgIpc) is 2.90. The van der Waals surface area contributed by atoms with E-state index in [1.54, 1.807) is 32.0 Å². The van der Waals surface area contributed by atoms with E-state index >= 15 is 0 Å². The van der Waals surface area contributed by atoms with E-state index in [9.17, 15) is 21.9 Å². The molecular formula is C26H34N2O8S2. The van der Waals surface area contributed by atoms with Crippen molar-refractivity contribution in [2.45, 2.75) is 35.8 Å². The Morgan fingerprint density at radius 1 is 1.24 bits per heavy atom. The number of ether oxygens (including phenoxy) is 3. The van der Waals surface area contributed by atoms with Gasteiger partial charge in [0.2, 0.25) is 20.0 Å². The number of likely N-dealkylation sites (N-methyl/N-ethyl adjacent to an activating group) is 1. The Morgan fingerprint density at radius 2 is 1.97 bits per heavy atom. The van der Waals surface area contributed by atoms with E-state index in [1.165, 1.54) is 54.1 Å². The van der Waals surface area contributed by atoms with E-state index in [2.05, 4.69) is 11.8 Å². The molecule has 12 heteroatoms. The molecule has 0 unspecified atom stereocenters. The summed E-state index contributed by atoms with van der Waals surface area (Å²) < 4.78 is 72.7. The molecule has 3 rings (SSSR count). The quantitative estimate of drug-likeness (QED) is 0.480. The third-order valence-electron chi connectivity index (χ3n) is 6.30. The Kier molecular flexibility index (Phi) is 9.80. The monoisotopic (exact) mass is 566 g/mol. The zero-order valence-corrected chi connectivity index (χ0v) is 23.8. The second-order valence-electron chi connectivity index (χ2n) is 9.10. The normalized spacial score (nSPS) is 20.3. The van der Waals surface area contributed by atoms with Crippen molar-refractivity contribution >= 4 is 20.0 Å². The Labute approximate surface area is 225 Å². The van der Waals surface area contributed by atoms with Crippen molar-refractivity contribution in [1.29, 1.82) is 0 Å². The molecule has 10 nitrogen and oxygen atoms in total. The minimum atomic E-state index is -4.03. The van der Waals surface area contributed by atoms with E-state index < -0.39 is 38.1 Å². The van der Waals surface area contributed by atoms with Crippen LogP contribution in [0.3, 0.4) is 0 Å². The van der Waals surface area contributed by atoms with Gasteiger partial charge in [0.15, 0.2) is 0 Å². The van der Waals surface area contributed by atoms with Crippen LogP contribution < -0.4 is 9.47 Å². The van der Waals surface area contributed by atoms with E-state index in [4.69, 9.17) is 14.2 Å². The molecule has 0 saturated heterocycles. The number of benzene rings is 2. The molecular weight excluding hydrogens is 532 g/mol. The van der Waals surface area contributed by atoms with Crippen LogP contribution in [0.25, 0.3) is 0 Å². The van der Waals surface area contributed by atoms with E-state index in [1.807, 2.05) is 0 Å². The summed E-state index contributed by atoms with van der Waals surface area (Å²) in [4.78, 5) is -0.0163. The zero-order valence-electron chi connectivity index (χ0n) is 22.1. The molecule has 2 aromatic carbocycles.